The van der Waals surface area contributed by atoms with Crippen LogP contribution in [0.3, 0.4) is 0 Å². The van der Waals surface area contributed by atoms with E-state index in [2.05, 4.69) is 37.9 Å². The second-order valence-electron chi connectivity index (χ2n) is 3.15. The molecule has 0 saturated carbocycles. The number of hydrogen-bond donors (Lipinski definition) is 2. The summed E-state index contributed by atoms with van der Waals surface area (Å²) in [6, 6.07) is 1.71. The minimum Gasteiger partial charge on any atom is -0.476 e. The van der Waals surface area contributed by atoms with Crippen LogP contribution < -0.4 is 5.32 Å². The lowest BCUT2D eigenvalue weighted by atomic mass is 10.3. The summed E-state index contributed by atoms with van der Waals surface area (Å²) in [6.07, 6.45) is 2.58. The lowest BCUT2D eigenvalue weighted by molar-refractivity contribution is 0.0691. The Morgan fingerprint density at radius 3 is 2.67 bits per heavy atom. The van der Waals surface area contributed by atoms with Crippen molar-refractivity contribution < 1.29 is 14.7 Å². The summed E-state index contributed by atoms with van der Waals surface area (Å²) in [6.45, 7) is 0. The summed E-state index contributed by atoms with van der Waals surface area (Å²) in [4.78, 5) is 30.2. The fraction of sp³-hybridized carbons (Fsp3) is 0. The van der Waals surface area contributed by atoms with E-state index >= 15 is 0 Å². The molecule has 0 fully saturated rings. The van der Waals surface area contributed by atoms with E-state index < -0.39 is 11.9 Å². The third-order valence-electron chi connectivity index (χ3n) is 1.96. The minimum absolute atomic E-state index is 0.0591. The Hall–Kier alpha value is -1.55. The van der Waals surface area contributed by atoms with Gasteiger partial charge in [-0.25, -0.2) is 14.8 Å². The van der Waals surface area contributed by atoms with Crippen LogP contribution >= 0.6 is 33.9 Å². The topological polar surface area (TPSA) is 92.2 Å². The predicted molar refractivity (Wildman–Crippen MR) is 74.0 cm³/mol. The van der Waals surface area contributed by atoms with Crippen LogP contribution in [0.25, 0.3) is 0 Å². The molecule has 0 atom stereocenters. The van der Waals surface area contributed by atoms with E-state index in [0.29, 0.717) is 5.56 Å². The maximum absolute atomic E-state index is 11.8. The van der Waals surface area contributed by atoms with Gasteiger partial charge in [0.1, 0.15) is 0 Å². The summed E-state index contributed by atoms with van der Waals surface area (Å²) >= 11 is 3.53. The highest BCUT2D eigenvalue weighted by Gasteiger charge is 2.16. The molecule has 0 spiro atoms. The van der Waals surface area contributed by atoms with Crippen LogP contribution in [0.2, 0.25) is 0 Å². The Balaban J connectivity index is 2.24. The van der Waals surface area contributed by atoms with Crippen LogP contribution in [0.1, 0.15) is 20.8 Å². The number of anilines is 1. The van der Waals surface area contributed by atoms with Crippen molar-refractivity contribution in [1.82, 2.24) is 9.97 Å². The number of thiophene rings is 1. The molecular weight excluding hydrogens is 369 g/mol. The van der Waals surface area contributed by atoms with Crippen molar-refractivity contribution in [2.24, 2.45) is 0 Å². The van der Waals surface area contributed by atoms with E-state index in [-0.39, 0.29) is 11.5 Å². The maximum Gasteiger partial charge on any atom is 0.358 e. The summed E-state index contributed by atoms with van der Waals surface area (Å²) < 4.78 is 0.968. The first-order valence-corrected chi connectivity index (χ1v) is 6.63. The van der Waals surface area contributed by atoms with Crippen molar-refractivity contribution in [2.75, 3.05) is 5.32 Å². The molecule has 2 rings (SSSR count). The number of carbonyl (C=O) groups excluding carboxylic acids is 1. The molecule has 2 aromatic rings. The van der Waals surface area contributed by atoms with E-state index in [0.717, 1.165) is 2.88 Å². The van der Waals surface area contributed by atoms with Gasteiger partial charge in [0.25, 0.3) is 5.91 Å². The van der Waals surface area contributed by atoms with Gasteiger partial charge in [0, 0.05) is 17.8 Å². The van der Waals surface area contributed by atoms with Crippen LogP contribution in [0.15, 0.2) is 23.8 Å². The number of halogens is 1. The van der Waals surface area contributed by atoms with Crippen molar-refractivity contribution in [3.8, 4) is 0 Å². The van der Waals surface area contributed by atoms with Gasteiger partial charge in [-0.2, -0.15) is 0 Å². The number of hydrogen-bond acceptors (Lipinski definition) is 5. The molecule has 0 aliphatic rings. The van der Waals surface area contributed by atoms with E-state index in [9.17, 15) is 9.59 Å². The van der Waals surface area contributed by atoms with Gasteiger partial charge in [-0.1, -0.05) is 0 Å². The van der Waals surface area contributed by atoms with Gasteiger partial charge in [-0.3, -0.25) is 4.79 Å². The summed E-state index contributed by atoms with van der Waals surface area (Å²) in [5, 5.41) is 13.0. The Morgan fingerprint density at radius 1 is 1.33 bits per heavy atom. The zero-order chi connectivity index (χ0) is 13.1. The van der Waals surface area contributed by atoms with Crippen molar-refractivity contribution in [3.05, 3.63) is 38.0 Å². The molecule has 92 valence electrons. The minimum atomic E-state index is -1.24. The average Bonchev–Trinajstić information content (AvgIpc) is 2.76. The van der Waals surface area contributed by atoms with E-state index in [1.54, 1.807) is 11.4 Å². The number of carboxylic acid groups (broad SMARTS) is 1. The molecule has 0 saturated heterocycles. The highest BCUT2D eigenvalue weighted by molar-refractivity contribution is 14.1. The molecular formula is C10H6IN3O3S. The van der Waals surface area contributed by atoms with Gasteiger partial charge in [-0.05, 0) is 28.7 Å². The maximum atomic E-state index is 11.8. The van der Waals surface area contributed by atoms with Crippen LogP contribution in [0, 0.1) is 2.88 Å². The number of nitrogens with zero attached hydrogens (tertiary/aromatic N) is 2. The molecule has 0 unspecified atom stereocenters. The van der Waals surface area contributed by atoms with Gasteiger partial charge in [0.15, 0.2) is 11.5 Å². The average molecular weight is 375 g/mol. The van der Waals surface area contributed by atoms with Crippen molar-refractivity contribution in [1.29, 1.82) is 0 Å². The quantitative estimate of drug-likeness (QED) is 0.802. The van der Waals surface area contributed by atoms with Crippen LogP contribution in [0.4, 0.5) is 5.82 Å². The van der Waals surface area contributed by atoms with Crippen molar-refractivity contribution >= 4 is 51.6 Å². The third kappa shape index (κ3) is 2.82. The number of rotatable bonds is 3. The fourth-order valence-corrected chi connectivity index (χ4v) is 2.52. The summed E-state index contributed by atoms with van der Waals surface area (Å²) in [7, 11) is 0. The molecule has 0 radical (unpaired) electrons. The molecule has 6 nitrogen and oxygen atoms in total. The zero-order valence-electron chi connectivity index (χ0n) is 8.75. The zero-order valence-corrected chi connectivity index (χ0v) is 11.7. The molecule has 0 aliphatic heterocycles. The normalized spacial score (nSPS) is 10.1. The summed E-state index contributed by atoms with van der Waals surface area (Å²) in [5.41, 5.74) is 0.183. The number of carbonyl (C=O) groups is 2. The van der Waals surface area contributed by atoms with E-state index in [1.807, 2.05) is 0 Å². The standard InChI is InChI=1S/C10H6IN3O3S/c11-6-3-5(4-18-6)9(15)14-8-7(10(16)17)12-1-2-13-8/h1-4H,(H,16,17)(H,13,14,15). The van der Waals surface area contributed by atoms with Crippen molar-refractivity contribution in [3.63, 3.8) is 0 Å². The Labute approximate surface area is 119 Å². The third-order valence-corrected chi connectivity index (χ3v) is 3.75. The number of nitrogens with one attached hydrogen (secondary N) is 1. The van der Waals surface area contributed by atoms with Crippen LogP contribution in [-0.4, -0.2) is 27.0 Å². The Bertz CT molecular complexity index is 614. The number of carboxylic acids is 1. The molecule has 0 bridgehead atoms. The lowest BCUT2D eigenvalue weighted by Gasteiger charge is -2.04. The first kappa shape index (κ1) is 12.9. The highest BCUT2D eigenvalue weighted by Crippen LogP contribution is 2.18. The van der Waals surface area contributed by atoms with Gasteiger partial charge in [-0.15, -0.1) is 11.3 Å². The first-order valence-electron chi connectivity index (χ1n) is 4.67. The van der Waals surface area contributed by atoms with Gasteiger partial charge >= 0.3 is 5.97 Å². The first-order chi connectivity index (χ1) is 8.58. The van der Waals surface area contributed by atoms with E-state index in [1.165, 1.54) is 23.7 Å². The molecule has 1 amide bonds. The second kappa shape index (κ2) is 5.40. The second-order valence-corrected chi connectivity index (χ2v) is 5.96. The largest absolute Gasteiger partial charge is 0.476 e. The number of amides is 1. The fourth-order valence-electron chi connectivity index (χ4n) is 1.19. The van der Waals surface area contributed by atoms with Gasteiger partial charge < -0.3 is 10.4 Å². The Kier molecular flexibility index (Phi) is 3.87. The molecule has 18 heavy (non-hydrogen) atoms. The number of aromatic nitrogens is 2. The molecule has 2 heterocycles. The molecule has 0 aromatic carbocycles. The van der Waals surface area contributed by atoms with Gasteiger partial charge in [0.2, 0.25) is 0 Å². The summed E-state index contributed by atoms with van der Waals surface area (Å²) in [5.74, 6) is -1.70. The lowest BCUT2D eigenvalue weighted by Crippen LogP contribution is -2.16. The smallest absolute Gasteiger partial charge is 0.358 e. The highest BCUT2D eigenvalue weighted by atomic mass is 127. The predicted octanol–water partition coefficient (Wildman–Crippen LogP) is 2.09. The molecule has 2 N–H and O–H groups in total. The van der Waals surface area contributed by atoms with E-state index in [4.69, 9.17) is 5.11 Å². The molecule has 2 aromatic heterocycles. The van der Waals surface area contributed by atoms with Crippen LogP contribution in [0.5, 0.6) is 0 Å². The van der Waals surface area contributed by atoms with Gasteiger partial charge in [0.05, 0.1) is 8.45 Å². The Morgan fingerprint density at radius 2 is 2.06 bits per heavy atom. The molecule has 8 heteroatoms. The van der Waals surface area contributed by atoms with Crippen molar-refractivity contribution in [2.45, 2.75) is 0 Å². The van der Waals surface area contributed by atoms with Crippen LogP contribution in [-0.2, 0) is 0 Å². The monoisotopic (exact) mass is 375 g/mol. The molecule has 0 aliphatic carbocycles. The SMILES string of the molecule is O=C(Nc1nccnc1C(=O)O)c1csc(I)c1. The number of aromatic carboxylic acids is 1.